The molecule has 0 radical (unpaired) electrons. The van der Waals surface area contributed by atoms with Crippen molar-refractivity contribution in [2.24, 2.45) is 0 Å². The number of hydrogen-bond donors (Lipinski definition) is 3. The standard InChI is InChI=1S/C32H25Cl2FN8O3S/c1-2-24(30-40-25-12-7-11-23(35)27(25)31(44)43(30)19-8-4-3-5-9-19)39-29-21(17-38-32(36)41-29)18-14-20(16-37-15-18)47(45,46)42-26-13-6-10-22(33)28(26)34/h3-17,24,42H,2H2,1H3,(H3,36,38,39,41). The van der Waals surface area contributed by atoms with Gasteiger partial charge in [-0.25, -0.2) is 22.8 Å². The van der Waals surface area contributed by atoms with Crippen LogP contribution in [0.25, 0.3) is 27.7 Å². The minimum absolute atomic E-state index is 0.0462. The number of rotatable bonds is 9. The lowest BCUT2D eigenvalue weighted by atomic mass is 10.1. The summed E-state index contributed by atoms with van der Waals surface area (Å²) in [7, 11) is -4.16. The first-order valence-electron chi connectivity index (χ1n) is 14.1. The molecule has 15 heteroatoms. The molecule has 238 valence electrons. The predicted octanol–water partition coefficient (Wildman–Crippen LogP) is 6.63. The topological polar surface area (TPSA) is 158 Å². The summed E-state index contributed by atoms with van der Waals surface area (Å²) < 4.78 is 45.4. The van der Waals surface area contributed by atoms with Crippen LogP contribution in [-0.4, -0.2) is 32.9 Å². The van der Waals surface area contributed by atoms with Crippen molar-refractivity contribution in [3.8, 4) is 16.8 Å². The highest BCUT2D eigenvalue weighted by Crippen LogP contribution is 2.34. The van der Waals surface area contributed by atoms with Crippen LogP contribution in [0.3, 0.4) is 0 Å². The second-order valence-electron chi connectivity index (χ2n) is 10.3. The third kappa shape index (κ3) is 6.32. The van der Waals surface area contributed by atoms with Gasteiger partial charge < -0.3 is 11.1 Å². The second kappa shape index (κ2) is 12.9. The lowest BCUT2D eigenvalue weighted by Crippen LogP contribution is -2.29. The summed E-state index contributed by atoms with van der Waals surface area (Å²) in [6.45, 7) is 1.88. The summed E-state index contributed by atoms with van der Waals surface area (Å²) in [5.74, 6) is -0.228. The summed E-state index contributed by atoms with van der Waals surface area (Å²) in [5.41, 5.74) is 6.90. The highest BCUT2D eigenvalue weighted by molar-refractivity contribution is 7.92. The molecule has 3 aromatic heterocycles. The molecule has 0 bridgehead atoms. The Morgan fingerprint density at radius 3 is 2.51 bits per heavy atom. The van der Waals surface area contributed by atoms with Gasteiger partial charge in [0.2, 0.25) is 5.95 Å². The minimum Gasteiger partial charge on any atom is -0.368 e. The van der Waals surface area contributed by atoms with Crippen molar-refractivity contribution in [3.63, 3.8) is 0 Å². The number of halogens is 3. The van der Waals surface area contributed by atoms with Gasteiger partial charge >= 0.3 is 0 Å². The fourth-order valence-electron chi connectivity index (χ4n) is 5.00. The van der Waals surface area contributed by atoms with Gasteiger partial charge in [0.25, 0.3) is 15.6 Å². The normalized spacial score (nSPS) is 12.2. The number of fused-ring (bicyclic) bond motifs is 1. The van der Waals surface area contributed by atoms with Gasteiger partial charge in [-0.3, -0.25) is 19.1 Å². The monoisotopic (exact) mass is 690 g/mol. The Kier molecular flexibility index (Phi) is 8.78. The maximum Gasteiger partial charge on any atom is 0.269 e. The molecule has 0 fully saturated rings. The van der Waals surface area contributed by atoms with Crippen LogP contribution in [0.5, 0.6) is 0 Å². The molecule has 1 unspecified atom stereocenters. The van der Waals surface area contributed by atoms with Crippen molar-refractivity contribution in [3.05, 3.63) is 123 Å². The molecule has 47 heavy (non-hydrogen) atoms. The molecule has 6 rings (SSSR count). The molecule has 3 aromatic carbocycles. The number of nitrogens with one attached hydrogen (secondary N) is 2. The number of pyridine rings is 1. The molecule has 0 aliphatic heterocycles. The van der Waals surface area contributed by atoms with Crippen molar-refractivity contribution in [1.82, 2.24) is 24.5 Å². The van der Waals surface area contributed by atoms with Crippen molar-refractivity contribution >= 4 is 61.6 Å². The van der Waals surface area contributed by atoms with Gasteiger partial charge in [0.1, 0.15) is 27.7 Å². The molecule has 4 N–H and O–H groups in total. The van der Waals surface area contributed by atoms with Gasteiger partial charge in [-0.2, -0.15) is 4.98 Å². The quantitative estimate of drug-likeness (QED) is 0.151. The lowest BCUT2D eigenvalue weighted by Gasteiger charge is -2.23. The van der Waals surface area contributed by atoms with E-state index in [1.807, 2.05) is 6.92 Å². The molecule has 3 heterocycles. The molecule has 0 spiro atoms. The third-order valence-electron chi connectivity index (χ3n) is 7.26. The van der Waals surface area contributed by atoms with Crippen LogP contribution >= 0.6 is 23.2 Å². The fraction of sp³-hybridized carbons (Fsp3) is 0.0938. The second-order valence-corrected chi connectivity index (χ2v) is 12.8. The summed E-state index contributed by atoms with van der Waals surface area (Å²) >= 11 is 12.3. The van der Waals surface area contributed by atoms with E-state index in [1.165, 1.54) is 53.5 Å². The van der Waals surface area contributed by atoms with E-state index in [-0.39, 0.29) is 43.3 Å². The zero-order valence-electron chi connectivity index (χ0n) is 24.5. The molecule has 0 saturated carbocycles. The summed E-state index contributed by atoms with van der Waals surface area (Å²) in [6.07, 6.45) is 4.46. The van der Waals surface area contributed by atoms with Crippen LogP contribution < -0.4 is 21.3 Å². The summed E-state index contributed by atoms with van der Waals surface area (Å²) in [5, 5.41) is 3.40. The van der Waals surface area contributed by atoms with E-state index in [9.17, 15) is 17.6 Å². The number of hydrogen-bond acceptors (Lipinski definition) is 9. The molecule has 0 saturated heterocycles. The zero-order valence-corrected chi connectivity index (χ0v) is 26.9. The van der Waals surface area contributed by atoms with Crippen molar-refractivity contribution < 1.29 is 12.8 Å². The summed E-state index contributed by atoms with van der Waals surface area (Å²) in [6, 6.07) is 18.4. The van der Waals surface area contributed by atoms with Crippen LogP contribution in [0.15, 0.2) is 101 Å². The number of nitrogens with two attached hydrogens (primary N) is 1. The van der Waals surface area contributed by atoms with Gasteiger partial charge in [-0.15, -0.1) is 0 Å². The van der Waals surface area contributed by atoms with E-state index in [1.54, 1.807) is 42.5 Å². The van der Waals surface area contributed by atoms with Crippen LogP contribution in [0.4, 0.5) is 21.8 Å². The maximum absolute atomic E-state index is 14.9. The lowest BCUT2D eigenvalue weighted by molar-refractivity contribution is 0.601. The number of anilines is 3. The van der Waals surface area contributed by atoms with E-state index >= 15 is 0 Å². The molecular weight excluding hydrogens is 666 g/mol. The van der Waals surface area contributed by atoms with Crippen LogP contribution in [-0.2, 0) is 10.0 Å². The zero-order chi connectivity index (χ0) is 33.3. The van der Waals surface area contributed by atoms with E-state index in [0.29, 0.717) is 29.1 Å². The Labute approximate surface area is 278 Å². The van der Waals surface area contributed by atoms with Crippen LogP contribution in [0, 0.1) is 5.82 Å². The van der Waals surface area contributed by atoms with Gasteiger partial charge in [0, 0.05) is 29.7 Å². The first-order chi connectivity index (χ1) is 22.6. The maximum atomic E-state index is 14.9. The van der Waals surface area contributed by atoms with Crippen molar-refractivity contribution in [2.45, 2.75) is 24.3 Å². The van der Waals surface area contributed by atoms with Crippen LogP contribution in [0.2, 0.25) is 10.0 Å². The van der Waals surface area contributed by atoms with Crippen molar-refractivity contribution in [1.29, 1.82) is 0 Å². The third-order valence-corrected chi connectivity index (χ3v) is 9.41. The Bertz CT molecular complexity index is 2310. The number of sulfonamides is 1. The number of nitrogens with zero attached hydrogens (tertiary/aromatic N) is 5. The average Bonchev–Trinajstić information content (AvgIpc) is 3.06. The Morgan fingerprint density at radius 1 is 0.979 bits per heavy atom. The Morgan fingerprint density at radius 2 is 1.74 bits per heavy atom. The van der Waals surface area contributed by atoms with Gasteiger partial charge in [-0.1, -0.05) is 60.5 Å². The number of aromatic nitrogens is 5. The van der Waals surface area contributed by atoms with Crippen molar-refractivity contribution in [2.75, 3.05) is 15.8 Å². The highest BCUT2D eigenvalue weighted by Gasteiger charge is 2.24. The van der Waals surface area contributed by atoms with Crippen LogP contribution in [0.1, 0.15) is 25.2 Å². The Hall–Kier alpha value is -5.11. The SMILES string of the molecule is CCC(Nc1nc(N)ncc1-c1cncc(S(=O)(=O)Nc2cccc(Cl)c2Cl)c1)c1nc2cccc(F)c2c(=O)n1-c1ccccc1. The molecular formula is C32H25Cl2FN8O3S. The minimum atomic E-state index is -4.16. The first kappa shape index (κ1) is 31.9. The van der Waals surface area contributed by atoms with E-state index in [4.69, 9.17) is 33.9 Å². The molecule has 6 aromatic rings. The fourth-order valence-corrected chi connectivity index (χ4v) is 6.46. The largest absolute Gasteiger partial charge is 0.368 e. The summed E-state index contributed by atoms with van der Waals surface area (Å²) in [4.78, 5) is 31.0. The smallest absolute Gasteiger partial charge is 0.269 e. The van der Waals surface area contributed by atoms with E-state index in [2.05, 4.69) is 25.0 Å². The van der Waals surface area contributed by atoms with E-state index in [0.717, 1.165) is 0 Å². The molecule has 0 aliphatic rings. The number of nitrogen functional groups attached to an aromatic ring is 1. The average molecular weight is 692 g/mol. The molecule has 0 aliphatic carbocycles. The Balaban J connectivity index is 1.43. The molecule has 1 atom stereocenters. The number of para-hydroxylation sites is 1. The number of benzene rings is 3. The van der Waals surface area contributed by atoms with Gasteiger partial charge in [-0.05, 0) is 48.9 Å². The van der Waals surface area contributed by atoms with Gasteiger partial charge in [0.15, 0.2) is 0 Å². The molecule has 0 amide bonds. The first-order valence-corrected chi connectivity index (χ1v) is 16.4. The predicted molar refractivity (Wildman–Crippen MR) is 181 cm³/mol. The highest BCUT2D eigenvalue weighted by atomic mass is 35.5. The van der Waals surface area contributed by atoms with E-state index < -0.39 is 27.4 Å². The molecule has 11 nitrogen and oxygen atoms in total. The van der Waals surface area contributed by atoms with Gasteiger partial charge in [0.05, 0.1) is 33.0 Å².